The third-order valence-corrected chi connectivity index (χ3v) is 3.14. The van der Waals surface area contributed by atoms with Crippen molar-refractivity contribution in [2.45, 2.75) is 25.3 Å². The largest absolute Gasteiger partial charge is 0.324 e. The van der Waals surface area contributed by atoms with Crippen LogP contribution in [0.1, 0.15) is 30.9 Å². The molecule has 5 heteroatoms. The zero-order chi connectivity index (χ0) is 11.9. The Hall–Kier alpha value is -1.10. The average Bonchev–Trinajstić information content (AvgIpc) is 2.12. The van der Waals surface area contributed by atoms with E-state index in [1.807, 2.05) is 0 Å². The molecule has 0 bridgehead atoms. The quantitative estimate of drug-likeness (QED) is 0.616. The second kappa shape index (κ2) is 4.05. The van der Waals surface area contributed by atoms with Crippen molar-refractivity contribution in [3.8, 4) is 0 Å². The van der Waals surface area contributed by atoms with Crippen molar-refractivity contribution in [3.05, 3.63) is 34.9 Å². The Morgan fingerprint density at radius 1 is 1.06 bits per heavy atom. The van der Waals surface area contributed by atoms with Gasteiger partial charge in [0.25, 0.3) is 0 Å². The van der Waals surface area contributed by atoms with Crippen LogP contribution in [0.5, 0.6) is 0 Å². The first-order valence-corrected chi connectivity index (χ1v) is 5.11. The molecule has 0 radical (unpaired) electrons. The standard InChI is InChI=1S/C11H11F4N/c12-6-4-7(13)10(15)8(9(6)14)11(16)5-2-1-3-5/h4-5,11H,1-3,16H2/t11-/m0/s1. The van der Waals surface area contributed by atoms with Crippen molar-refractivity contribution in [2.75, 3.05) is 0 Å². The summed E-state index contributed by atoms with van der Waals surface area (Å²) in [5, 5.41) is 0. The molecule has 0 aromatic heterocycles. The van der Waals surface area contributed by atoms with Gasteiger partial charge in [0, 0.05) is 17.7 Å². The number of rotatable bonds is 2. The lowest BCUT2D eigenvalue weighted by atomic mass is 9.77. The fourth-order valence-electron chi connectivity index (χ4n) is 1.92. The molecular weight excluding hydrogens is 222 g/mol. The molecule has 0 unspecified atom stereocenters. The van der Waals surface area contributed by atoms with Gasteiger partial charge in [-0.1, -0.05) is 6.42 Å². The van der Waals surface area contributed by atoms with Gasteiger partial charge in [0.05, 0.1) is 0 Å². The summed E-state index contributed by atoms with van der Waals surface area (Å²) in [6.07, 6.45) is 2.40. The van der Waals surface area contributed by atoms with E-state index >= 15 is 0 Å². The van der Waals surface area contributed by atoms with Gasteiger partial charge in [-0.3, -0.25) is 0 Å². The minimum atomic E-state index is -1.40. The molecule has 0 amide bonds. The van der Waals surface area contributed by atoms with Gasteiger partial charge in [0.15, 0.2) is 23.3 Å². The molecule has 2 rings (SSSR count). The summed E-state index contributed by atoms with van der Waals surface area (Å²) < 4.78 is 52.6. The number of hydrogen-bond donors (Lipinski definition) is 1. The topological polar surface area (TPSA) is 26.0 Å². The van der Waals surface area contributed by atoms with Crippen molar-refractivity contribution in [1.29, 1.82) is 0 Å². The normalized spacial score (nSPS) is 18.3. The van der Waals surface area contributed by atoms with E-state index in [2.05, 4.69) is 0 Å². The van der Waals surface area contributed by atoms with Crippen LogP contribution in [0.4, 0.5) is 17.6 Å². The summed E-state index contributed by atoms with van der Waals surface area (Å²) in [5.41, 5.74) is 4.96. The van der Waals surface area contributed by atoms with E-state index in [0.29, 0.717) is 0 Å². The minimum absolute atomic E-state index is 0.0924. The predicted octanol–water partition coefficient (Wildman–Crippen LogP) is 3.04. The van der Waals surface area contributed by atoms with Gasteiger partial charge in [-0.25, -0.2) is 17.6 Å². The maximum atomic E-state index is 13.4. The highest BCUT2D eigenvalue weighted by molar-refractivity contribution is 5.26. The van der Waals surface area contributed by atoms with E-state index in [1.165, 1.54) is 0 Å². The number of nitrogens with two attached hydrogens (primary N) is 1. The van der Waals surface area contributed by atoms with Crippen LogP contribution in [0.3, 0.4) is 0 Å². The van der Waals surface area contributed by atoms with Crippen LogP contribution in [0.25, 0.3) is 0 Å². The first-order chi connectivity index (χ1) is 7.52. The molecule has 88 valence electrons. The summed E-state index contributed by atoms with van der Waals surface area (Å²) in [6, 6.07) is -0.777. The first-order valence-electron chi connectivity index (χ1n) is 5.11. The molecular formula is C11H11F4N. The highest BCUT2D eigenvalue weighted by Gasteiger charge is 2.32. The van der Waals surface area contributed by atoms with E-state index in [9.17, 15) is 17.6 Å². The molecule has 1 atom stereocenters. The smallest absolute Gasteiger partial charge is 0.166 e. The third-order valence-electron chi connectivity index (χ3n) is 3.14. The zero-order valence-corrected chi connectivity index (χ0v) is 8.44. The summed E-state index contributed by atoms with van der Waals surface area (Å²) >= 11 is 0. The molecule has 1 saturated carbocycles. The molecule has 1 aromatic carbocycles. The highest BCUT2D eigenvalue weighted by atomic mass is 19.2. The van der Waals surface area contributed by atoms with Crippen LogP contribution in [-0.2, 0) is 0 Å². The molecule has 1 fully saturated rings. The van der Waals surface area contributed by atoms with Crippen LogP contribution in [0, 0.1) is 29.2 Å². The van der Waals surface area contributed by atoms with Crippen LogP contribution in [0.15, 0.2) is 6.07 Å². The van der Waals surface area contributed by atoms with Crippen LogP contribution in [0.2, 0.25) is 0 Å². The fraction of sp³-hybridized carbons (Fsp3) is 0.455. The van der Waals surface area contributed by atoms with Crippen LogP contribution in [-0.4, -0.2) is 0 Å². The Bertz CT molecular complexity index is 389. The lowest BCUT2D eigenvalue weighted by molar-refractivity contribution is 0.252. The molecule has 0 spiro atoms. The van der Waals surface area contributed by atoms with Gasteiger partial charge in [0.1, 0.15) is 0 Å². The monoisotopic (exact) mass is 233 g/mol. The van der Waals surface area contributed by atoms with E-state index < -0.39 is 34.9 Å². The van der Waals surface area contributed by atoms with E-state index in [-0.39, 0.29) is 12.0 Å². The van der Waals surface area contributed by atoms with Crippen molar-refractivity contribution in [2.24, 2.45) is 11.7 Å². The van der Waals surface area contributed by atoms with E-state index in [0.717, 1.165) is 19.3 Å². The predicted molar refractivity (Wildman–Crippen MR) is 50.5 cm³/mol. The summed E-state index contributed by atoms with van der Waals surface area (Å²) in [5.74, 6) is -5.64. The maximum Gasteiger partial charge on any atom is 0.166 e. The van der Waals surface area contributed by atoms with Gasteiger partial charge in [-0.05, 0) is 18.8 Å². The van der Waals surface area contributed by atoms with Crippen LogP contribution < -0.4 is 5.73 Å². The summed E-state index contributed by atoms with van der Waals surface area (Å²) in [7, 11) is 0. The fourth-order valence-corrected chi connectivity index (χ4v) is 1.92. The Kier molecular flexibility index (Phi) is 2.88. The molecule has 1 aliphatic carbocycles. The number of halogens is 4. The molecule has 16 heavy (non-hydrogen) atoms. The second-order valence-electron chi connectivity index (χ2n) is 4.10. The number of benzene rings is 1. The third kappa shape index (κ3) is 1.69. The highest BCUT2D eigenvalue weighted by Crippen LogP contribution is 2.38. The average molecular weight is 233 g/mol. The molecule has 0 saturated heterocycles. The first kappa shape index (κ1) is 11.4. The second-order valence-corrected chi connectivity index (χ2v) is 4.10. The van der Waals surface area contributed by atoms with Crippen molar-refractivity contribution in [3.63, 3.8) is 0 Å². The molecule has 1 aliphatic rings. The van der Waals surface area contributed by atoms with Crippen molar-refractivity contribution < 1.29 is 17.6 Å². The summed E-state index contributed by atoms with van der Waals surface area (Å²) in [6.45, 7) is 0. The van der Waals surface area contributed by atoms with Gasteiger partial charge >= 0.3 is 0 Å². The van der Waals surface area contributed by atoms with Crippen LogP contribution >= 0.6 is 0 Å². The lowest BCUT2D eigenvalue weighted by Crippen LogP contribution is -2.29. The molecule has 0 aliphatic heterocycles. The maximum absolute atomic E-state index is 13.4. The Morgan fingerprint density at radius 3 is 1.94 bits per heavy atom. The molecule has 2 N–H and O–H groups in total. The summed E-state index contributed by atoms with van der Waals surface area (Å²) in [4.78, 5) is 0. The van der Waals surface area contributed by atoms with Gasteiger partial charge in [-0.2, -0.15) is 0 Å². The molecule has 1 nitrogen and oxygen atoms in total. The van der Waals surface area contributed by atoms with Gasteiger partial charge in [-0.15, -0.1) is 0 Å². The Labute approximate surface area is 90.3 Å². The Balaban J connectivity index is 2.45. The minimum Gasteiger partial charge on any atom is -0.324 e. The van der Waals surface area contributed by atoms with Gasteiger partial charge < -0.3 is 5.73 Å². The SMILES string of the molecule is N[C@H](c1c(F)c(F)cc(F)c1F)C1CCC1. The van der Waals surface area contributed by atoms with E-state index in [4.69, 9.17) is 5.73 Å². The number of hydrogen-bond acceptors (Lipinski definition) is 1. The molecule has 0 heterocycles. The van der Waals surface area contributed by atoms with Crippen molar-refractivity contribution >= 4 is 0 Å². The molecule has 1 aromatic rings. The Morgan fingerprint density at radius 2 is 1.56 bits per heavy atom. The lowest BCUT2D eigenvalue weighted by Gasteiger charge is -2.31. The van der Waals surface area contributed by atoms with Crippen molar-refractivity contribution in [1.82, 2.24) is 0 Å². The van der Waals surface area contributed by atoms with E-state index in [1.54, 1.807) is 0 Å². The zero-order valence-electron chi connectivity index (χ0n) is 8.44. The van der Waals surface area contributed by atoms with Gasteiger partial charge in [0.2, 0.25) is 0 Å².